The van der Waals surface area contributed by atoms with Crippen molar-refractivity contribution in [3.8, 4) is 11.1 Å². The number of nitrogens with one attached hydrogen (secondary N) is 1. The van der Waals surface area contributed by atoms with Crippen LogP contribution in [-0.4, -0.2) is 29.0 Å². The van der Waals surface area contributed by atoms with Gasteiger partial charge in [0, 0.05) is 30.5 Å². The van der Waals surface area contributed by atoms with Crippen LogP contribution < -0.4 is 10.2 Å². The van der Waals surface area contributed by atoms with Gasteiger partial charge in [-0.3, -0.25) is 4.79 Å². The number of halogens is 1. The minimum atomic E-state index is -0.504. The van der Waals surface area contributed by atoms with Crippen LogP contribution in [0, 0.1) is 5.95 Å². The summed E-state index contributed by atoms with van der Waals surface area (Å²) in [6.45, 7) is 2.14. The summed E-state index contributed by atoms with van der Waals surface area (Å²) >= 11 is 3.07. The third-order valence-corrected chi connectivity index (χ3v) is 7.10. The van der Waals surface area contributed by atoms with E-state index >= 15 is 0 Å². The molecule has 1 aromatic carbocycles. The summed E-state index contributed by atoms with van der Waals surface area (Å²) < 4.78 is 14.0. The Balaban J connectivity index is 1.29. The fraction of sp³-hybridized carbons (Fsp3) is 0.190. The van der Waals surface area contributed by atoms with E-state index in [2.05, 4.69) is 15.2 Å². The van der Waals surface area contributed by atoms with Gasteiger partial charge in [0.15, 0.2) is 5.13 Å². The smallest absolute Gasteiger partial charge is 0.265 e. The molecule has 1 saturated heterocycles. The van der Waals surface area contributed by atoms with Gasteiger partial charge in [0.2, 0.25) is 5.95 Å². The molecule has 0 saturated carbocycles. The number of benzene rings is 1. The second-order valence-corrected chi connectivity index (χ2v) is 8.91. The molecule has 4 aromatic rings. The lowest BCUT2D eigenvalue weighted by Gasteiger charge is -2.11. The number of hydrogen-bond donors (Lipinski definition) is 1. The second-order valence-electron chi connectivity index (χ2n) is 6.87. The van der Waals surface area contributed by atoms with Crippen molar-refractivity contribution in [2.75, 3.05) is 23.3 Å². The molecule has 0 radical (unpaired) electrons. The first-order chi connectivity index (χ1) is 14.2. The number of carbonyl (C=O) groups is 1. The number of rotatable bonds is 4. The van der Waals surface area contributed by atoms with Gasteiger partial charge in [0.1, 0.15) is 4.83 Å². The Bertz CT molecular complexity index is 1130. The highest BCUT2D eigenvalue weighted by atomic mass is 32.1. The van der Waals surface area contributed by atoms with E-state index < -0.39 is 5.95 Å². The predicted molar refractivity (Wildman–Crippen MR) is 117 cm³/mol. The molecule has 1 N–H and O–H groups in total. The number of nitrogens with zero attached hydrogens (tertiary/aromatic N) is 3. The lowest BCUT2D eigenvalue weighted by molar-refractivity contribution is 0.103. The van der Waals surface area contributed by atoms with Crippen molar-refractivity contribution in [1.29, 1.82) is 0 Å². The molecule has 1 fully saturated rings. The normalized spacial score (nSPS) is 13.9. The van der Waals surface area contributed by atoms with Crippen LogP contribution in [0.15, 0.2) is 48.7 Å². The van der Waals surface area contributed by atoms with Crippen molar-refractivity contribution in [3.05, 3.63) is 59.5 Å². The molecular weight excluding hydrogens is 407 g/mol. The maximum Gasteiger partial charge on any atom is 0.265 e. The number of pyridine rings is 1. The molecule has 8 heteroatoms. The van der Waals surface area contributed by atoms with Gasteiger partial charge in [0.25, 0.3) is 5.91 Å². The first-order valence-corrected chi connectivity index (χ1v) is 11.0. The summed E-state index contributed by atoms with van der Waals surface area (Å²) in [5.74, 6) is -0.644. The molecular formula is C21H17FN4OS2. The van der Waals surface area contributed by atoms with Crippen LogP contribution in [0.1, 0.15) is 22.5 Å². The minimum absolute atomic E-state index is 0.140. The topological polar surface area (TPSA) is 58.1 Å². The standard InChI is InChI=1S/C21H17FN4OS2/c22-18-8-5-14(12-23-18)13-3-6-15(7-4-13)24-19(27)16-11-17-20(28-16)25-21(29-17)26-9-1-2-10-26/h3-8,11-12H,1-2,9-10H2,(H,24,27). The Morgan fingerprint density at radius 3 is 2.48 bits per heavy atom. The molecule has 146 valence electrons. The van der Waals surface area contributed by atoms with Gasteiger partial charge < -0.3 is 10.2 Å². The van der Waals surface area contributed by atoms with Gasteiger partial charge >= 0.3 is 0 Å². The van der Waals surface area contributed by atoms with Gasteiger partial charge in [-0.1, -0.05) is 23.5 Å². The highest BCUT2D eigenvalue weighted by Crippen LogP contribution is 2.36. The molecule has 0 aliphatic carbocycles. The van der Waals surface area contributed by atoms with Crippen LogP contribution in [-0.2, 0) is 0 Å². The van der Waals surface area contributed by atoms with Crippen LogP contribution >= 0.6 is 22.7 Å². The quantitative estimate of drug-likeness (QED) is 0.445. The molecule has 3 aromatic heterocycles. The molecule has 5 rings (SSSR count). The Hall–Kier alpha value is -2.84. The molecule has 0 spiro atoms. The molecule has 1 aliphatic rings. The molecule has 0 unspecified atom stereocenters. The largest absolute Gasteiger partial charge is 0.348 e. The highest BCUT2D eigenvalue weighted by Gasteiger charge is 2.19. The zero-order valence-corrected chi connectivity index (χ0v) is 17.0. The van der Waals surface area contributed by atoms with E-state index in [0.717, 1.165) is 38.9 Å². The molecule has 29 heavy (non-hydrogen) atoms. The number of anilines is 2. The van der Waals surface area contributed by atoms with Gasteiger partial charge in [-0.2, -0.15) is 4.39 Å². The van der Waals surface area contributed by atoms with Gasteiger partial charge in [0.05, 0.1) is 9.58 Å². The Labute approximate surface area is 174 Å². The van der Waals surface area contributed by atoms with Crippen molar-refractivity contribution >= 4 is 48.9 Å². The van der Waals surface area contributed by atoms with E-state index in [9.17, 15) is 9.18 Å². The number of aromatic nitrogens is 2. The number of amides is 1. The molecule has 5 nitrogen and oxygen atoms in total. The zero-order valence-electron chi connectivity index (χ0n) is 15.4. The summed E-state index contributed by atoms with van der Waals surface area (Å²) in [6.07, 6.45) is 3.93. The first kappa shape index (κ1) is 18.2. The van der Waals surface area contributed by atoms with Crippen molar-refractivity contribution < 1.29 is 9.18 Å². The summed E-state index contributed by atoms with van der Waals surface area (Å²) in [4.78, 5) is 24.9. The zero-order chi connectivity index (χ0) is 19.8. The number of carbonyl (C=O) groups excluding carboxylic acids is 1. The van der Waals surface area contributed by atoms with Crippen molar-refractivity contribution in [1.82, 2.24) is 9.97 Å². The molecule has 0 bridgehead atoms. The summed E-state index contributed by atoms with van der Waals surface area (Å²) in [5, 5.41) is 3.99. The maximum atomic E-state index is 13.0. The molecule has 1 aliphatic heterocycles. The monoisotopic (exact) mass is 424 g/mol. The highest BCUT2D eigenvalue weighted by molar-refractivity contribution is 7.29. The number of thiophene rings is 1. The van der Waals surface area contributed by atoms with Crippen LogP contribution in [0.2, 0.25) is 0 Å². The van der Waals surface area contributed by atoms with Crippen molar-refractivity contribution in [3.63, 3.8) is 0 Å². The average Bonchev–Trinajstić information content (AvgIpc) is 3.45. The number of hydrogen-bond acceptors (Lipinski definition) is 6. The maximum absolute atomic E-state index is 13.0. The summed E-state index contributed by atoms with van der Waals surface area (Å²) in [6, 6.07) is 12.3. The van der Waals surface area contributed by atoms with Crippen molar-refractivity contribution in [2.45, 2.75) is 12.8 Å². The van der Waals surface area contributed by atoms with Gasteiger partial charge in [-0.15, -0.1) is 11.3 Å². The van der Waals surface area contributed by atoms with E-state index in [1.165, 1.54) is 36.4 Å². The minimum Gasteiger partial charge on any atom is -0.348 e. The van der Waals surface area contributed by atoms with Crippen LogP contribution in [0.4, 0.5) is 15.2 Å². The van der Waals surface area contributed by atoms with E-state index in [1.54, 1.807) is 17.4 Å². The van der Waals surface area contributed by atoms with Crippen molar-refractivity contribution in [2.24, 2.45) is 0 Å². The van der Waals surface area contributed by atoms with E-state index in [0.29, 0.717) is 10.6 Å². The Morgan fingerprint density at radius 2 is 1.79 bits per heavy atom. The average molecular weight is 425 g/mol. The van der Waals surface area contributed by atoms with E-state index in [1.807, 2.05) is 30.3 Å². The first-order valence-electron chi connectivity index (χ1n) is 9.34. The van der Waals surface area contributed by atoms with E-state index in [-0.39, 0.29) is 5.91 Å². The third kappa shape index (κ3) is 3.73. The van der Waals surface area contributed by atoms with Crippen LogP contribution in [0.5, 0.6) is 0 Å². The lowest BCUT2D eigenvalue weighted by Crippen LogP contribution is -2.16. The summed E-state index contributed by atoms with van der Waals surface area (Å²) in [7, 11) is 0. The van der Waals surface area contributed by atoms with Crippen LogP contribution in [0.25, 0.3) is 20.7 Å². The van der Waals surface area contributed by atoms with E-state index in [4.69, 9.17) is 4.98 Å². The third-order valence-electron chi connectivity index (χ3n) is 4.88. The molecule has 0 atom stereocenters. The SMILES string of the molecule is O=C(Nc1ccc(-c2ccc(F)nc2)cc1)c1cc2sc(N3CCCC3)nc2s1. The Morgan fingerprint density at radius 1 is 1.03 bits per heavy atom. The summed E-state index contributed by atoms with van der Waals surface area (Å²) in [5.41, 5.74) is 2.43. The fourth-order valence-electron chi connectivity index (χ4n) is 3.36. The number of thiazole rings is 1. The van der Waals surface area contributed by atoms with Crippen LogP contribution in [0.3, 0.4) is 0 Å². The number of fused-ring (bicyclic) bond motifs is 1. The van der Waals surface area contributed by atoms with Gasteiger partial charge in [-0.25, -0.2) is 9.97 Å². The fourth-order valence-corrected chi connectivity index (χ4v) is 5.52. The van der Waals surface area contributed by atoms with Gasteiger partial charge in [-0.05, 0) is 48.7 Å². The molecule has 1 amide bonds. The predicted octanol–water partition coefficient (Wildman–Crippen LogP) is 5.41. The second kappa shape index (κ2) is 7.53. The lowest BCUT2D eigenvalue weighted by atomic mass is 10.1. The molecule has 4 heterocycles. The Kier molecular flexibility index (Phi) is 4.73.